The van der Waals surface area contributed by atoms with Gasteiger partial charge in [-0.3, -0.25) is 5.32 Å². The summed E-state index contributed by atoms with van der Waals surface area (Å²) in [4.78, 5) is 16.3. The third-order valence-electron chi connectivity index (χ3n) is 5.41. The molecule has 3 atom stereocenters. The number of hydrogen-bond acceptors (Lipinski definition) is 4. The Morgan fingerprint density at radius 1 is 1.03 bits per heavy atom. The number of nitrogens with one attached hydrogen (secondary N) is 2. The number of carbonyl (C=O) groups excluding carboxylic acids is 1. The van der Waals surface area contributed by atoms with E-state index in [0.29, 0.717) is 6.07 Å². The van der Waals surface area contributed by atoms with Crippen LogP contribution < -0.4 is 20.1 Å². The first-order chi connectivity index (χ1) is 15.4. The zero-order valence-electron chi connectivity index (χ0n) is 16.2. The van der Waals surface area contributed by atoms with Crippen molar-refractivity contribution < 1.29 is 31.8 Å². The number of benzene rings is 2. The largest absolute Gasteiger partial charge is 0.490 e. The molecule has 3 aromatic rings. The lowest BCUT2D eigenvalue weighted by molar-refractivity contribution is 0.247. The van der Waals surface area contributed by atoms with E-state index in [4.69, 9.17) is 9.47 Å². The Hall–Kier alpha value is -3.82. The summed E-state index contributed by atoms with van der Waals surface area (Å²) in [5.74, 6) is -3.23. The van der Waals surface area contributed by atoms with Gasteiger partial charge in [-0.05, 0) is 36.4 Å². The SMILES string of the molecule is O=C(Nc1ccc(Oc2ccc(F)cc2F)cn1)NC1C2COc3c(F)ccc(F)c3C21. The molecule has 5 rings (SSSR count). The lowest BCUT2D eigenvalue weighted by Gasteiger charge is -2.16. The predicted octanol–water partition coefficient (Wildman–Crippen LogP) is 4.73. The zero-order valence-corrected chi connectivity index (χ0v) is 16.2. The molecule has 6 nitrogen and oxygen atoms in total. The highest BCUT2D eigenvalue weighted by atomic mass is 19.1. The molecule has 3 unspecified atom stereocenters. The van der Waals surface area contributed by atoms with Crippen molar-refractivity contribution in [3.05, 3.63) is 77.5 Å². The van der Waals surface area contributed by atoms with Gasteiger partial charge in [0.2, 0.25) is 0 Å². The van der Waals surface area contributed by atoms with Crippen molar-refractivity contribution >= 4 is 11.8 Å². The van der Waals surface area contributed by atoms with Crippen LogP contribution in [0.5, 0.6) is 17.2 Å². The van der Waals surface area contributed by atoms with Gasteiger partial charge in [0.25, 0.3) is 0 Å². The Labute approximate surface area is 179 Å². The van der Waals surface area contributed by atoms with Gasteiger partial charge in [-0.15, -0.1) is 0 Å². The van der Waals surface area contributed by atoms with E-state index in [-0.39, 0.29) is 47.1 Å². The van der Waals surface area contributed by atoms with E-state index in [1.165, 1.54) is 18.3 Å². The fraction of sp³-hybridized carbons (Fsp3) is 0.182. The van der Waals surface area contributed by atoms with Crippen molar-refractivity contribution in [3.8, 4) is 17.2 Å². The van der Waals surface area contributed by atoms with Gasteiger partial charge in [-0.2, -0.15) is 0 Å². The van der Waals surface area contributed by atoms with Crippen LogP contribution in [0, 0.1) is 29.2 Å². The molecule has 0 saturated heterocycles. The van der Waals surface area contributed by atoms with Crippen LogP contribution in [-0.4, -0.2) is 23.7 Å². The molecule has 2 N–H and O–H groups in total. The first-order valence-corrected chi connectivity index (χ1v) is 9.68. The van der Waals surface area contributed by atoms with Crippen LogP contribution in [0.1, 0.15) is 11.5 Å². The number of pyridine rings is 1. The molecule has 1 aliphatic heterocycles. The third-order valence-corrected chi connectivity index (χ3v) is 5.41. The Morgan fingerprint density at radius 3 is 2.59 bits per heavy atom. The lowest BCUT2D eigenvalue weighted by Crippen LogP contribution is -2.32. The molecule has 2 aromatic carbocycles. The summed E-state index contributed by atoms with van der Waals surface area (Å²) in [6.07, 6.45) is 1.26. The molecule has 1 saturated carbocycles. The quantitative estimate of drug-likeness (QED) is 0.570. The maximum absolute atomic E-state index is 14.2. The van der Waals surface area contributed by atoms with E-state index < -0.39 is 35.3 Å². The van der Waals surface area contributed by atoms with E-state index in [2.05, 4.69) is 15.6 Å². The molecule has 10 heteroatoms. The van der Waals surface area contributed by atoms with E-state index in [9.17, 15) is 22.4 Å². The molecule has 32 heavy (non-hydrogen) atoms. The second-order valence-corrected chi connectivity index (χ2v) is 7.45. The molecule has 2 aliphatic rings. The fourth-order valence-corrected chi connectivity index (χ4v) is 3.86. The Kier molecular flexibility index (Phi) is 4.84. The third kappa shape index (κ3) is 3.68. The highest BCUT2D eigenvalue weighted by Crippen LogP contribution is 2.55. The van der Waals surface area contributed by atoms with Crippen molar-refractivity contribution in [2.45, 2.75) is 12.0 Å². The molecule has 1 aliphatic carbocycles. The number of aromatic nitrogens is 1. The number of ether oxygens (including phenoxy) is 2. The molecular formula is C22H15F4N3O3. The maximum Gasteiger partial charge on any atom is 0.320 e. The standard InChI is InChI=1S/C22H15F4N3O3/c23-10-1-5-16(15(26)7-10)32-11-2-6-17(27-8-11)28-22(30)29-20-12-9-31-21-14(25)4-3-13(24)19(21)18(12)20/h1-8,12,18,20H,9H2,(H2,27,28,29,30). The molecule has 2 heterocycles. The predicted molar refractivity (Wildman–Crippen MR) is 105 cm³/mol. The number of carbonyl (C=O) groups is 1. The van der Waals surface area contributed by atoms with Gasteiger partial charge in [-0.25, -0.2) is 27.3 Å². The van der Waals surface area contributed by atoms with Crippen LogP contribution in [0.25, 0.3) is 0 Å². The van der Waals surface area contributed by atoms with E-state index in [0.717, 1.165) is 24.3 Å². The molecule has 1 fully saturated rings. The first kappa shape index (κ1) is 20.1. The Balaban J connectivity index is 1.21. The molecule has 0 bridgehead atoms. The molecular weight excluding hydrogens is 430 g/mol. The fourth-order valence-electron chi connectivity index (χ4n) is 3.86. The number of nitrogens with zero attached hydrogens (tertiary/aromatic N) is 1. The normalized spacial score (nSPS) is 20.4. The van der Waals surface area contributed by atoms with Gasteiger partial charge >= 0.3 is 6.03 Å². The van der Waals surface area contributed by atoms with Crippen LogP contribution in [-0.2, 0) is 0 Å². The number of urea groups is 1. The van der Waals surface area contributed by atoms with Crippen molar-refractivity contribution in [2.75, 3.05) is 11.9 Å². The summed E-state index contributed by atoms with van der Waals surface area (Å²) >= 11 is 0. The number of anilines is 1. The van der Waals surface area contributed by atoms with Crippen LogP contribution >= 0.6 is 0 Å². The number of rotatable bonds is 4. The molecule has 164 valence electrons. The summed E-state index contributed by atoms with van der Waals surface area (Å²) in [6, 6.07) is 6.86. The highest BCUT2D eigenvalue weighted by Gasteiger charge is 2.57. The monoisotopic (exact) mass is 445 g/mol. The van der Waals surface area contributed by atoms with Crippen LogP contribution in [0.2, 0.25) is 0 Å². The summed E-state index contributed by atoms with van der Waals surface area (Å²) in [5.41, 5.74) is 0.138. The zero-order chi connectivity index (χ0) is 22.4. The topological polar surface area (TPSA) is 72.5 Å². The van der Waals surface area contributed by atoms with Crippen LogP contribution in [0.4, 0.5) is 28.2 Å². The van der Waals surface area contributed by atoms with E-state index in [1.54, 1.807) is 0 Å². The van der Waals surface area contributed by atoms with E-state index in [1.807, 2.05) is 0 Å². The molecule has 0 spiro atoms. The smallest absolute Gasteiger partial charge is 0.320 e. The van der Waals surface area contributed by atoms with Gasteiger partial charge in [-0.1, -0.05) is 0 Å². The minimum Gasteiger partial charge on any atom is -0.490 e. The molecule has 2 amide bonds. The summed E-state index contributed by atoms with van der Waals surface area (Å²) < 4.78 is 65.4. The van der Waals surface area contributed by atoms with Gasteiger partial charge < -0.3 is 14.8 Å². The highest BCUT2D eigenvalue weighted by molar-refractivity contribution is 5.89. The number of hydrogen-bond donors (Lipinski definition) is 2. The average molecular weight is 445 g/mol. The first-order valence-electron chi connectivity index (χ1n) is 9.68. The second kappa shape index (κ2) is 7.70. The summed E-state index contributed by atoms with van der Waals surface area (Å²) in [6.45, 7) is 0.174. The minimum absolute atomic E-state index is 0.106. The van der Waals surface area contributed by atoms with Crippen molar-refractivity contribution in [3.63, 3.8) is 0 Å². The second-order valence-electron chi connectivity index (χ2n) is 7.45. The number of halogens is 4. The van der Waals surface area contributed by atoms with Crippen molar-refractivity contribution in [1.82, 2.24) is 10.3 Å². The van der Waals surface area contributed by atoms with Crippen molar-refractivity contribution in [2.24, 2.45) is 5.92 Å². The van der Waals surface area contributed by atoms with Crippen LogP contribution in [0.3, 0.4) is 0 Å². The van der Waals surface area contributed by atoms with Gasteiger partial charge in [0.1, 0.15) is 23.2 Å². The van der Waals surface area contributed by atoms with Gasteiger partial charge in [0.05, 0.1) is 12.8 Å². The maximum atomic E-state index is 14.2. The molecule has 0 radical (unpaired) electrons. The number of amides is 2. The lowest BCUT2D eigenvalue weighted by atomic mass is 10.0. The average Bonchev–Trinajstić information content (AvgIpc) is 3.46. The van der Waals surface area contributed by atoms with Gasteiger partial charge in [0, 0.05) is 29.5 Å². The Morgan fingerprint density at radius 2 is 1.84 bits per heavy atom. The van der Waals surface area contributed by atoms with E-state index >= 15 is 0 Å². The van der Waals surface area contributed by atoms with Gasteiger partial charge in [0.15, 0.2) is 23.1 Å². The summed E-state index contributed by atoms with van der Waals surface area (Å²) in [5, 5.41) is 5.26. The molecule has 1 aromatic heterocycles. The minimum atomic E-state index is -0.862. The van der Waals surface area contributed by atoms with Crippen molar-refractivity contribution in [1.29, 1.82) is 0 Å². The Bertz CT molecular complexity index is 1210. The number of fused-ring (bicyclic) bond motifs is 3. The summed E-state index contributed by atoms with van der Waals surface area (Å²) in [7, 11) is 0. The van der Waals surface area contributed by atoms with Crippen LogP contribution in [0.15, 0.2) is 48.7 Å².